The summed E-state index contributed by atoms with van der Waals surface area (Å²) < 4.78 is 0. The second-order valence-electron chi connectivity index (χ2n) is 4.20. The van der Waals surface area contributed by atoms with Gasteiger partial charge in [-0.25, -0.2) is 0 Å². The van der Waals surface area contributed by atoms with E-state index in [0.717, 1.165) is 5.56 Å². The number of hydrogen-bond acceptors (Lipinski definition) is 5. The average molecular weight is 303 g/mol. The molecule has 0 unspecified atom stereocenters. The number of hydrogen-bond donors (Lipinski definition) is 2. The summed E-state index contributed by atoms with van der Waals surface area (Å²) in [5.74, 6) is 0.647. The summed E-state index contributed by atoms with van der Waals surface area (Å²) in [7, 11) is 0. The molecule has 2 aromatic carbocycles. The topological polar surface area (TPSA) is 102 Å². The Hall–Kier alpha value is -2.54. The monoisotopic (exact) mass is 303 g/mol. The fourth-order valence-corrected chi connectivity index (χ4v) is 2.70. The van der Waals surface area contributed by atoms with Crippen LogP contribution in [0.25, 0.3) is 0 Å². The molecule has 0 bridgehead atoms. The molecule has 2 aromatic rings. The minimum Gasteiger partial charge on any atom is -0.409 e. The molecule has 2 rings (SSSR count). The van der Waals surface area contributed by atoms with Crippen LogP contribution in [0.2, 0.25) is 0 Å². The quantitative estimate of drug-likeness (QED) is 0.221. The number of nitro groups is 1. The van der Waals surface area contributed by atoms with E-state index in [1.165, 1.54) is 17.8 Å². The second-order valence-corrected chi connectivity index (χ2v) is 5.21. The lowest BCUT2D eigenvalue weighted by atomic mass is 10.1. The Balaban J connectivity index is 2.09. The van der Waals surface area contributed by atoms with Gasteiger partial charge >= 0.3 is 0 Å². The minimum atomic E-state index is -0.385. The second kappa shape index (κ2) is 6.76. The number of benzene rings is 2. The van der Waals surface area contributed by atoms with E-state index in [0.29, 0.717) is 16.2 Å². The normalized spacial score (nSPS) is 11.3. The van der Waals surface area contributed by atoms with Crippen LogP contribution < -0.4 is 5.73 Å². The number of nitrogens with two attached hydrogens (primary N) is 1. The largest absolute Gasteiger partial charge is 0.409 e. The van der Waals surface area contributed by atoms with E-state index >= 15 is 0 Å². The first-order valence-corrected chi connectivity index (χ1v) is 7.03. The molecule has 108 valence electrons. The van der Waals surface area contributed by atoms with E-state index in [2.05, 4.69) is 5.16 Å². The fourth-order valence-electron chi connectivity index (χ4n) is 1.72. The Morgan fingerprint density at radius 1 is 1.24 bits per heavy atom. The third kappa shape index (κ3) is 3.73. The summed E-state index contributed by atoms with van der Waals surface area (Å²) in [5.41, 5.74) is 7.20. The Kier molecular flexibility index (Phi) is 4.78. The Bertz CT molecular complexity index is 671. The van der Waals surface area contributed by atoms with Crippen LogP contribution in [0.1, 0.15) is 11.1 Å². The molecule has 0 atom stereocenters. The van der Waals surface area contributed by atoms with Gasteiger partial charge in [-0.15, -0.1) is 11.8 Å². The van der Waals surface area contributed by atoms with Gasteiger partial charge in [0.1, 0.15) is 0 Å². The van der Waals surface area contributed by atoms with Crippen LogP contribution in [0.5, 0.6) is 0 Å². The fraction of sp³-hybridized carbons (Fsp3) is 0.0714. The van der Waals surface area contributed by atoms with Crippen LogP contribution in [-0.2, 0) is 5.75 Å². The molecule has 0 aliphatic heterocycles. The summed E-state index contributed by atoms with van der Waals surface area (Å²) in [6.45, 7) is 0. The molecule has 0 saturated heterocycles. The molecular formula is C14H13N3O3S. The lowest BCUT2D eigenvalue weighted by molar-refractivity contribution is -0.387. The molecule has 0 radical (unpaired) electrons. The molecule has 0 amide bonds. The highest BCUT2D eigenvalue weighted by atomic mass is 32.2. The van der Waals surface area contributed by atoms with Crippen LogP contribution in [0.4, 0.5) is 5.69 Å². The molecule has 3 N–H and O–H groups in total. The summed E-state index contributed by atoms with van der Waals surface area (Å²) in [6.07, 6.45) is 0. The maximum atomic E-state index is 10.9. The van der Waals surface area contributed by atoms with Gasteiger partial charge in [-0.2, -0.15) is 0 Å². The number of rotatable bonds is 5. The highest BCUT2D eigenvalue weighted by molar-refractivity contribution is 7.98. The zero-order chi connectivity index (χ0) is 15.2. The molecule has 0 saturated carbocycles. The maximum absolute atomic E-state index is 10.9. The van der Waals surface area contributed by atoms with Crippen molar-refractivity contribution in [3.05, 3.63) is 69.8 Å². The minimum absolute atomic E-state index is 0.0490. The predicted molar refractivity (Wildman–Crippen MR) is 81.6 cm³/mol. The van der Waals surface area contributed by atoms with E-state index < -0.39 is 0 Å². The van der Waals surface area contributed by atoms with Gasteiger partial charge in [0.05, 0.1) is 9.82 Å². The molecule has 6 nitrogen and oxygen atoms in total. The van der Waals surface area contributed by atoms with Crippen molar-refractivity contribution in [3.8, 4) is 0 Å². The van der Waals surface area contributed by atoms with Crippen molar-refractivity contribution >= 4 is 23.3 Å². The van der Waals surface area contributed by atoms with E-state index in [1.54, 1.807) is 30.3 Å². The number of thioether (sulfide) groups is 1. The number of para-hydroxylation sites is 1. The van der Waals surface area contributed by atoms with Crippen molar-refractivity contribution in [2.75, 3.05) is 0 Å². The third-order valence-corrected chi connectivity index (χ3v) is 3.95. The molecule has 0 spiro atoms. The van der Waals surface area contributed by atoms with Gasteiger partial charge in [-0.3, -0.25) is 10.1 Å². The molecule has 21 heavy (non-hydrogen) atoms. The van der Waals surface area contributed by atoms with Crippen molar-refractivity contribution in [2.45, 2.75) is 10.6 Å². The first-order chi connectivity index (χ1) is 10.1. The highest BCUT2D eigenvalue weighted by Crippen LogP contribution is 2.31. The van der Waals surface area contributed by atoms with Gasteiger partial charge in [-0.1, -0.05) is 41.6 Å². The number of amidine groups is 1. The first-order valence-electron chi connectivity index (χ1n) is 6.05. The Morgan fingerprint density at radius 3 is 2.52 bits per heavy atom. The van der Waals surface area contributed by atoms with Gasteiger partial charge in [0.2, 0.25) is 0 Å². The summed E-state index contributed by atoms with van der Waals surface area (Å²) in [4.78, 5) is 11.2. The predicted octanol–water partition coefficient (Wildman–Crippen LogP) is 2.98. The highest BCUT2D eigenvalue weighted by Gasteiger charge is 2.12. The molecule has 0 aliphatic carbocycles. The van der Waals surface area contributed by atoms with Gasteiger partial charge in [0, 0.05) is 17.4 Å². The van der Waals surface area contributed by atoms with E-state index in [-0.39, 0.29) is 16.4 Å². The van der Waals surface area contributed by atoms with Crippen molar-refractivity contribution < 1.29 is 10.1 Å². The molecular weight excluding hydrogens is 290 g/mol. The Labute approximate surface area is 125 Å². The molecule has 7 heteroatoms. The SMILES string of the molecule is N/C(=N\O)c1ccc(CSc2ccccc2[N+](=O)[O-])cc1. The molecule has 0 aliphatic rings. The molecule has 0 aromatic heterocycles. The van der Waals surface area contributed by atoms with E-state index in [9.17, 15) is 10.1 Å². The number of nitro benzene ring substituents is 1. The van der Waals surface area contributed by atoms with Gasteiger partial charge in [0.25, 0.3) is 5.69 Å². The first kappa shape index (κ1) is 14.9. The standard InChI is InChI=1S/C14H13N3O3S/c15-14(16-18)11-7-5-10(6-8-11)9-21-13-4-2-1-3-12(13)17(19)20/h1-8,18H,9H2,(H2,15,16). The van der Waals surface area contributed by atoms with Crippen LogP contribution in [-0.4, -0.2) is 16.0 Å². The summed E-state index contributed by atoms with van der Waals surface area (Å²) in [5, 5.41) is 22.4. The molecule has 0 fully saturated rings. The van der Waals surface area contributed by atoms with Crippen LogP contribution >= 0.6 is 11.8 Å². The van der Waals surface area contributed by atoms with Crippen molar-refractivity contribution in [1.82, 2.24) is 0 Å². The lowest BCUT2D eigenvalue weighted by Gasteiger charge is -2.04. The number of nitrogens with zero attached hydrogens (tertiary/aromatic N) is 2. The lowest BCUT2D eigenvalue weighted by Crippen LogP contribution is -2.12. The van der Waals surface area contributed by atoms with Crippen LogP contribution in [0.15, 0.2) is 58.6 Å². The zero-order valence-electron chi connectivity index (χ0n) is 11.0. The average Bonchev–Trinajstić information content (AvgIpc) is 2.52. The van der Waals surface area contributed by atoms with Gasteiger partial charge in [0.15, 0.2) is 5.84 Å². The van der Waals surface area contributed by atoms with Crippen LogP contribution in [0.3, 0.4) is 0 Å². The summed E-state index contributed by atoms with van der Waals surface area (Å²) in [6, 6.07) is 13.8. The third-order valence-electron chi connectivity index (χ3n) is 2.81. The van der Waals surface area contributed by atoms with E-state index in [4.69, 9.17) is 10.9 Å². The summed E-state index contributed by atoms with van der Waals surface area (Å²) >= 11 is 1.40. The number of oxime groups is 1. The molecule has 0 heterocycles. The Morgan fingerprint density at radius 2 is 1.90 bits per heavy atom. The van der Waals surface area contributed by atoms with Crippen molar-refractivity contribution in [3.63, 3.8) is 0 Å². The maximum Gasteiger partial charge on any atom is 0.282 e. The van der Waals surface area contributed by atoms with E-state index in [1.807, 2.05) is 12.1 Å². The van der Waals surface area contributed by atoms with Gasteiger partial charge in [-0.05, 0) is 11.6 Å². The van der Waals surface area contributed by atoms with Gasteiger partial charge < -0.3 is 10.9 Å². The van der Waals surface area contributed by atoms with Crippen molar-refractivity contribution in [2.24, 2.45) is 10.9 Å². The zero-order valence-corrected chi connectivity index (χ0v) is 11.8. The smallest absolute Gasteiger partial charge is 0.282 e. The van der Waals surface area contributed by atoms with Crippen molar-refractivity contribution in [1.29, 1.82) is 0 Å². The van der Waals surface area contributed by atoms with Crippen LogP contribution in [0, 0.1) is 10.1 Å².